The molecule has 0 saturated heterocycles. The summed E-state index contributed by atoms with van der Waals surface area (Å²) in [4.78, 5) is 13.6. The molecular weight excluding hydrogens is 222 g/mol. The Hall–Kier alpha value is -1.54. The third kappa shape index (κ3) is 3.55. The zero-order chi connectivity index (χ0) is 12.0. The van der Waals surface area contributed by atoms with Gasteiger partial charge in [-0.1, -0.05) is 42.5 Å². The minimum atomic E-state index is -0.0673. The van der Waals surface area contributed by atoms with Crippen molar-refractivity contribution in [3.8, 4) is 0 Å². The van der Waals surface area contributed by atoms with Crippen LogP contribution in [0.1, 0.15) is 10.4 Å². The third-order valence-electron chi connectivity index (χ3n) is 2.02. The normalized spacial score (nSPS) is 9.56. The molecule has 1 aromatic carbocycles. The largest absolute Gasteiger partial charge is 0.330 e. The van der Waals surface area contributed by atoms with Crippen molar-refractivity contribution in [3.05, 3.63) is 60.2 Å². The van der Waals surface area contributed by atoms with Gasteiger partial charge in [0.1, 0.15) is 0 Å². The van der Waals surface area contributed by atoms with E-state index in [0.717, 1.165) is 0 Å². The first-order chi connectivity index (χ1) is 7.65. The lowest BCUT2D eigenvalue weighted by Gasteiger charge is -2.20. The van der Waals surface area contributed by atoms with Gasteiger partial charge < -0.3 is 4.90 Å². The summed E-state index contributed by atoms with van der Waals surface area (Å²) in [6.45, 7) is 8.00. The Labute approximate surface area is 101 Å². The van der Waals surface area contributed by atoms with E-state index in [9.17, 15) is 4.79 Å². The van der Waals surface area contributed by atoms with Crippen molar-refractivity contribution in [2.45, 2.75) is 0 Å². The number of rotatable bonds is 5. The maximum Gasteiger partial charge on any atom is 0.254 e. The number of hydrogen-bond acceptors (Lipinski definition) is 1. The Morgan fingerprint density at radius 2 is 2.00 bits per heavy atom. The van der Waals surface area contributed by atoms with E-state index in [-0.39, 0.29) is 5.91 Å². The first kappa shape index (κ1) is 12.5. The molecule has 0 aliphatic rings. The summed E-state index contributed by atoms with van der Waals surface area (Å²) in [7, 11) is 0. The Morgan fingerprint density at radius 3 is 2.50 bits per heavy atom. The van der Waals surface area contributed by atoms with Gasteiger partial charge >= 0.3 is 0 Å². The van der Waals surface area contributed by atoms with E-state index in [1.807, 2.05) is 18.2 Å². The number of carbonyl (C=O) groups excluding carboxylic acids is 1. The van der Waals surface area contributed by atoms with Crippen LogP contribution in [0.2, 0.25) is 0 Å². The predicted octanol–water partition coefficient (Wildman–Crippen LogP) is 3.07. The summed E-state index contributed by atoms with van der Waals surface area (Å²) >= 11 is 5.72. The number of carbonyl (C=O) groups is 1. The number of halogens is 1. The van der Waals surface area contributed by atoms with Crippen LogP contribution in [0.3, 0.4) is 0 Å². The molecule has 1 rings (SSSR count). The molecule has 0 heterocycles. The highest BCUT2D eigenvalue weighted by Gasteiger charge is 2.14. The second kappa shape index (κ2) is 6.13. The Morgan fingerprint density at radius 1 is 1.38 bits per heavy atom. The Kier molecular flexibility index (Phi) is 4.80. The smallest absolute Gasteiger partial charge is 0.254 e. The van der Waals surface area contributed by atoms with Crippen LogP contribution >= 0.6 is 11.6 Å². The van der Waals surface area contributed by atoms with Crippen LogP contribution in [0, 0.1) is 0 Å². The van der Waals surface area contributed by atoms with E-state index in [4.69, 9.17) is 11.6 Å². The van der Waals surface area contributed by atoms with Gasteiger partial charge in [0.05, 0.1) is 6.54 Å². The summed E-state index contributed by atoms with van der Waals surface area (Å²) in [6, 6.07) is 9.07. The first-order valence-corrected chi connectivity index (χ1v) is 5.31. The summed E-state index contributed by atoms with van der Waals surface area (Å²) in [6.07, 6.45) is 1.67. The molecule has 0 atom stereocenters. The molecule has 0 aliphatic carbocycles. The monoisotopic (exact) mass is 235 g/mol. The van der Waals surface area contributed by atoms with Gasteiger partial charge in [-0.2, -0.15) is 0 Å². The van der Waals surface area contributed by atoms with Gasteiger partial charge in [0.2, 0.25) is 0 Å². The fraction of sp³-hybridized carbons (Fsp3) is 0.154. The van der Waals surface area contributed by atoms with Crippen molar-refractivity contribution in [2.75, 3.05) is 13.1 Å². The van der Waals surface area contributed by atoms with Gasteiger partial charge in [-0.15, -0.1) is 6.58 Å². The Bertz CT molecular complexity index is 386. The lowest BCUT2D eigenvalue weighted by atomic mass is 10.2. The van der Waals surface area contributed by atoms with Crippen molar-refractivity contribution in [2.24, 2.45) is 0 Å². The molecule has 0 spiro atoms. The molecule has 0 aromatic heterocycles. The summed E-state index contributed by atoms with van der Waals surface area (Å²) in [5.74, 6) is -0.0673. The van der Waals surface area contributed by atoms with E-state index < -0.39 is 0 Å². The topological polar surface area (TPSA) is 20.3 Å². The Balaban J connectivity index is 2.82. The van der Waals surface area contributed by atoms with Crippen molar-refractivity contribution < 1.29 is 4.79 Å². The van der Waals surface area contributed by atoms with E-state index in [0.29, 0.717) is 23.7 Å². The highest BCUT2D eigenvalue weighted by molar-refractivity contribution is 6.29. The lowest BCUT2D eigenvalue weighted by Crippen LogP contribution is -2.32. The van der Waals surface area contributed by atoms with E-state index in [1.165, 1.54) is 0 Å². The van der Waals surface area contributed by atoms with Crippen molar-refractivity contribution in [3.63, 3.8) is 0 Å². The van der Waals surface area contributed by atoms with E-state index in [2.05, 4.69) is 13.2 Å². The van der Waals surface area contributed by atoms with Gasteiger partial charge in [0.25, 0.3) is 5.91 Å². The van der Waals surface area contributed by atoms with Gasteiger partial charge in [-0.25, -0.2) is 0 Å². The number of benzene rings is 1. The average molecular weight is 236 g/mol. The fourth-order valence-electron chi connectivity index (χ4n) is 1.35. The third-order valence-corrected chi connectivity index (χ3v) is 2.14. The fourth-order valence-corrected chi connectivity index (χ4v) is 1.49. The highest BCUT2D eigenvalue weighted by Crippen LogP contribution is 2.08. The number of amides is 1. The zero-order valence-corrected chi connectivity index (χ0v) is 9.78. The molecule has 0 fully saturated rings. The molecule has 0 unspecified atom stereocenters. The van der Waals surface area contributed by atoms with Crippen LogP contribution < -0.4 is 0 Å². The SMILES string of the molecule is C=CCN(CC(=C)Cl)C(=O)c1ccccc1. The number of hydrogen-bond donors (Lipinski definition) is 0. The van der Waals surface area contributed by atoms with Crippen LogP contribution in [0.25, 0.3) is 0 Å². The van der Waals surface area contributed by atoms with Crippen LogP contribution in [0.5, 0.6) is 0 Å². The highest BCUT2D eigenvalue weighted by atomic mass is 35.5. The molecule has 1 aromatic rings. The molecule has 0 N–H and O–H groups in total. The maximum atomic E-state index is 12.0. The zero-order valence-electron chi connectivity index (χ0n) is 9.03. The predicted molar refractivity (Wildman–Crippen MR) is 67.5 cm³/mol. The second-order valence-corrected chi connectivity index (χ2v) is 3.89. The molecule has 0 aliphatic heterocycles. The maximum absolute atomic E-state index is 12.0. The minimum Gasteiger partial charge on any atom is -0.330 e. The van der Waals surface area contributed by atoms with Crippen LogP contribution in [0.4, 0.5) is 0 Å². The lowest BCUT2D eigenvalue weighted by molar-refractivity contribution is 0.0789. The molecule has 3 heteroatoms. The summed E-state index contributed by atoms with van der Waals surface area (Å²) in [5.41, 5.74) is 0.641. The molecule has 2 nitrogen and oxygen atoms in total. The van der Waals surface area contributed by atoms with Crippen molar-refractivity contribution >= 4 is 17.5 Å². The molecule has 0 bridgehead atoms. The standard InChI is InChI=1S/C13H14ClNO/c1-3-9-15(10-11(2)14)13(16)12-7-5-4-6-8-12/h3-8H,1-2,9-10H2. The molecule has 0 radical (unpaired) electrons. The van der Waals surface area contributed by atoms with Crippen LogP contribution in [0.15, 0.2) is 54.6 Å². The molecule has 0 saturated carbocycles. The quantitative estimate of drug-likeness (QED) is 0.719. The van der Waals surface area contributed by atoms with E-state index >= 15 is 0 Å². The minimum absolute atomic E-state index is 0.0673. The van der Waals surface area contributed by atoms with Crippen molar-refractivity contribution in [1.82, 2.24) is 4.90 Å². The first-order valence-electron chi connectivity index (χ1n) is 4.93. The van der Waals surface area contributed by atoms with Gasteiger partial charge in [-0.3, -0.25) is 4.79 Å². The van der Waals surface area contributed by atoms with Gasteiger partial charge in [-0.05, 0) is 12.1 Å². The molecule has 84 valence electrons. The molecule has 16 heavy (non-hydrogen) atoms. The summed E-state index contributed by atoms with van der Waals surface area (Å²) < 4.78 is 0. The van der Waals surface area contributed by atoms with Gasteiger partial charge in [0.15, 0.2) is 0 Å². The molecular formula is C13H14ClNO. The second-order valence-electron chi connectivity index (χ2n) is 3.36. The number of nitrogens with zero attached hydrogens (tertiary/aromatic N) is 1. The van der Waals surface area contributed by atoms with Crippen molar-refractivity contribution in [1.29, 1.82) is 0 Å². The van der Waals surface area contributed by atoms with Crippen LogP contribution in [-0.2, 0) is 0 Å². The van der Waals surface area contributed by atoms with E-state index in [1.54, 1.807) is 23.1 Å². The van der Waals surface area contributed by atoms with Gasteiger partial charge in [0, 0.05) is 17.1 Å². The average Bonchev–Trinajstić information content (AvgIpc) is 2.28. The molecule has 1 amide bonds. The summed E-state index contributed by atoms with van der Waals surface area (Å²) in [5, 5.41) is 0.436. The van der Waals surface area contributed by atoms with Crippen LogP contribution in [-0.4, -0.2) is 23.9 Å².